The summed E-state index contributed by atoms with van der Waals surface area (Å²) in [7, 11) is -3.74. The van der Waals surface area contributed by atoms with E-state index in [9.17, 15) is 18.0 Å². The van der Waals surface area contributed by atoms with Gasteiger partial charge in [0.1, 0.15) is 5.25 Å². The van der Waals surface area contributed by atoms with E-state index in [4.69, 9.17) is 16.7 Å². The van der Waals surface area contributed by atoms with Crippen molar-refractivity contribution in [1.29, 1.82) is 0 Å². The van der Waals surface area contributed by atoms with Crippen molar-refractivity contribution in [2.24, 2.45) is 17.0 Å². The number of primary sulfonamides is 1. The topological polar surface area (TPSA) is 110 Å². The number of nitrogens with two attached hydrogens (primary N) is 1. The average molecular weight is 610 g/mol. The lowest BCUT2D eigenvalue weighted by Crippen LogP contribution is -2.32. The Morgan fingerprint density at radius 2 is 1.71 bits per heavy atom. The van der Waals surface area contributed by atoms with Crippen LogP contribution in [0, 0.1) is 11.8 Å². The van der Waals surface area contributed by atoms with E-state index in [1.807, 2.05) is 41.3 Å². The summed E-state index contributed by atoms with van der Waals surface area (Å²) in [6.07, 6.45) is 25.2. The van der Waals surface area contributed by atoms with Gasteiger partial charge >= 0.3 is 0 Å². The lowest BCUT2D eigenvalue weighted by Gasteiger charge is -2.29. The largest absolute Gasteiger partial charge is 0.352 e. The first-order valence-electron chi connectivity index (χ1n) is 14.6. The van der Waals surface area contributed by atoms with Gasteiger partial charge in [0, 0.05) is 30.6 Å². The van der Waals surface area contributed by atoms with Gasteiger partial charge in [-0.05, 0) is 66.4 Å². The van der Waals surface area contributed by atoms with Crippen molar-refractivity contribution in [3.63, 3.8) is 0 Å². The Morgan fingerprint density at radius 1 is 1.00 bits per heavy atom. The molecule has 0 aromatic heterocycles. The molecule has 0 spiro atoms. The molecule has 9 heteroatoms. The second kappa shape index (κ2) is 15.3. The fourth-order valence-corrected chi connectivity index (χ4v) is 6.76. The molecule has 1 unspecified atom stereocenters. The molecule has 1 atom stereocenters. The fourth-order valence-electron chi connectivity index (χ4n) is 5.73. The fraction of sp³-hybridized carbons (Fsp3) is 0.394. The van der Waals surface area contributed by atoms with E-state index in [2.05, 4.69) is 17.5 Å². The SMILES string of the molecule is NS(=O)(=O)C1C=CC=CC=C1c1ccc(CNC(=O)C2CCCC2)cc1.O=CN1CCC(C2=CCC=C(Cl)C=C2)CC1. The number of carbonyl (C=O) groups is 2. The number of hydrogen-bond donors (Lipinski definition) is 2. The van der Waals surface area contributed by atoms with E-state index in [1.54, 1.807) is 30.4 Å². The number of piperidine rings is 1. The summed E-state index contributed by atoms with van der Waals surface area (Å²) in [6.45, 7) is 2.23. The molecule has 5 rings (SSSR count). The molecule has 0 bridgehead atoms. The first-order chi connectivity index (χ1) is 20.2. The maximum Gasteiger partial charge on any atom is 0.223 e. The molecule has 3 N–H and O–H groups in total. The van der Waals surface area contributed by atoms with Gasteiger partial charge in [0.2, 0.25) is 22.3 Å². The normalized spacial score (nSPS) is 21.3. The number of amides is 2. The molecule has 3 aliphatic carbocycles. The van der Waals surface area contributed by atoms with E-state index in [1.165, 1.54) is 5.57 Å². The van der Waals surface area contributed by atoms with Gasteiger partial charge in [-0.2, -0.15) is 0 Å². The number of halogens is 1. The second-order valence-corrected chi connectivity index (χ2v) is 13.2. The van der Waals surface area contributed by atoms with E-state index < -0.39 is 15.3 Å². The van der Waals surface area contributed by atoms with E-state index in [0.29, 0.717) is 18.0 Å². The Kier molecular flexibility index (Phi) is 11.6. The van der Waals surface area contributed by atoms with Gasteiger partial charge in [0.15, 0.2) is 0 Å². The molecule has 7 nitrogen and oxygen atoms in total. The van der Waals surface area contributed by atoms with Gasteiger partial charge in [-0.1, -0.05) is 97.3 Å². The molecular formula is C33H40ClN3O4S. The molecule has 2 amide bonds. The zero-order chi connectivity index (χ0) is 30.0. The van der Waals surface area contributed by atoms with Crippen LogP contribution in [0.15, 0.2) is 89.6 Å². The summed E-state index contributed by atoms with van der Waals surface area (Å²) in [6, 6.07) is 7.55. The third-order valence-corrected chi connectivity index (χ3v) is 9.58. The zero-order valence-corrected chi connectivity index (χ0v) is 25.4. The standard InChI is InChI=1S/C20H24N2O3S.C13H16ClNO/c21-26(24,25)19-9-3-1-2-8-18(19)16-12-10-15(11-13-16)14-22-20(23)17-6-4-5-7-17;14-13-3-1-2-11(4-5-13)12-6-8-15(10-16)9-7-12/h1-3,8-13,17,19H,4-7,14H2,(H,22,23)(H2,21,24,25);2-5,10,12H,1,6-9H2. The summed E-state index contributed by atoms with van der Waals surface area (Å²) < 4.78 is 23.8. The highest BCUT2D eigenvalue weighted by molar-refractivity contribution is 7.90. The monoisotopic (exact) mass is 609 g/mol. The van der Waals surface area contributed by atoms with Crippen LogP contribution in [0.3, 0.4) is 0 Å². The Morgan fingerprint density at radius 3 is 2.38 bits per heavy atom. The zero-order valence-electron chi connectivity index (χ0n) is 23.8. The van der Waals surface area contributed by atoms with Crippen molar-refractivity contribution in [1.82, 2.24) is 10.2 Å². The lowest BCUT2D eigenvalue weighted by molar-refractivity contribution is -0.125. The Balaban J connectivity index is 0.000000216. The molecule has 2 fully saturated rings. The minimum atomic E-state index is -3.74. The second-order valence-electron chi connectivity index (χ2n) is 11.1. The van der Waals surface area contributed by atoms with Gasteiger partial charge in [0.25, 0.3) is 0 Å². The number of nitrogens with one attached hydrogen (secondary N) is 1. The third-order valence-electron chi connectivity index (χ3n) is 8.18. The van der Waals surface area contributed by atoms with Gasteiger partial charge in [0.05, 0.1) is 0 Å². The number of likely N-dealkylation sites (tertiary alicyclic amines) is 1. The predicted octanol–water partition coefficient (Wildman–Crippen LogP) is 5.52. The van der Waals surface area contributed by atoms with Crippen molar-refractivity contribution in [2.45, 2.75) is 56.7 Å². The maximum absolute atomic E-state index is 12.1. The minimum Gasteiger partial charge on any atom is -0.352 e. The molecule has 224 valence electrons. The molecule has 1 aromatic rings. The number of rotatable bonds is 7. The Hall–Kier alpha value is -3.20. The third kappa shape index (κ3) is 9.15. The van der Waals surface area contributed by atoms with E-state index >= 15 is 0 Å². The quantitative estimate of drug-likeness (QED) is 0.397. The van der Waals surface area contributed by atoms with Crippen LogP contribution in [0.25, 0.3) is 5.57 Å². The van der Waals surface area contributed by atoms with Crippen LogP contribution in [0.4, 0.5) is 0 Å². The molecule has 0 radical (unpaired) electrons. The first kappa shape index (κ1) is 31.7. The van der Waals surface area contributed by atoms with Crippen LogP contribution in [0.5, 0.6) is 0 Å². The molecule has 42 heavy (non-hydrogen) atoms. The summed E-state index contributed by atoms with van der Waals surface area (Å²) in [5, 5.41) is 8.32. The summed E-state index contributed by atoms with van der Waals surface area (Å²) in [5.74, 6) is 0.866. The van der Waals surface area contributed by atoms with Gasteiger partial charge in [-0.3, -0.25) is 9.59 Å². The van der Waals surface area contributed by atoms with Crippen molar-refractivity contribution in [3.8, 4) is 0 Å². The van der Waals surface area contributed by atoms with Crippen molar-refractivity contribution < 1.29 is 18.0 Å². The van der Waals surface area contributed by atoms with Crippen LogP contribution in [-0.4, -0.2) is 44.0 Å². The number of hydrogen-bond acceptors (Lipinski definition) is 4. The van der Waals surface area contributed by atoms with Crippen LogP contribution >= 0.6 is 11.6 Å². The van der Waals surface area contributed by atoms with E-state index in [-0.39, 0.29) is 11.8 Å². The molecule has 1 aromatic carbocycles. The molecular weight excluding hydrogens is 570 g/mol. The van der Waals surface area contributed by atoms with Crippen LogP contribution < -0.4 is 10.5 Å². The molecule has 1 saturated heterocycles. The number of benzene rings is 1. The number of nitrogens with zero attached hydrogens (tertiary/aromatic N) is 1. The number of allylic oxidation sites excluding steroid dienone is 10. The highest BCUT2D eigenvalue weighted by Crippen LogP contribution is 2.28. The van der Waals surface area contributed by atoms with Crippen molar-refractivity contribution in [2.75, 3.05) is 13.1 Å². The van der Waals surface area contributed by atoms with Crippen molar-refractivity contribution in [3.05, 3.63) is 101 Å². The predicted molar refractivity (Wildman–Crippen MR) is 170 cm³/mol. The minimum absolute atomic E-state index is 0.127. The van der Waals surface area contributed by atoms with Gasteiger partial charge in [-0.25, -0.2) is 13.6 Å². The van der Waals surface area contributed by atoms with Crippen LogP contribution in [-0.2, 0) is 26.2 Å². The first-order valence-corrected chi connectivity index (χ1v) is 16.6. The molecule has 1 aliphatic heterocycles. The summed E-state index contributed by atoms with van der Waals surface area (Å²) >= 11 is 5.96. The van der Waals surface area contributed by atoms with Gasteiger partial charge < -0.3 is 10.2 Å². The van der Waals surface area contributed by atoms with Crippen LogP contribution in [0.2, 0.25) is 0 Å². The average Bonchev–Trinajstić information content (AvgIpc) is 3.29. The smallest absolute Gasteiger partial charge is 0.223 e. The molecule has 1 saturated carbocycles. The molecule has 4 aliphatic rings. The summed E-state index contributed by atoms with van der Waals surface area (Å²) in [4.78, 5) is 24.6. The number of sulfonamides is 1. The van der Waals surface area contributed by atoms with E-state index in [0.717, 1.165) is 80.6 Å². The van der Waals surface area contributed by atoms with Crippen LogP contribution in [0.1, 0.15) is 56.1 Å². The van der Waals surface area contributed by atoms with Gasteiger partial charge in [-0.15, -0.1) is 0 Å². The lowest BCUT2D eigenvalue weighted by atomic mass is 9.88. The highest BCUT2D eigenvalue weighted by atomic mass is 35.5. The van der Waals surface area contributed by atoms with Crippen molar-refractivity contribution >= 4 is 39.5 Å². The number of carbonyl (C=O) groups excluding carboxylic acids is 2. The summed E-state index contributed by atoms with van der Waals surface area (Å²) in [5.41, 5.74) is 3.79. The Bertz CT molecular complexity index is 1390. The Labute approximate surface area is 254 Å². The maximum atomic E-state index is 12.1. The highest BCUT2D eigenvalue weighted by Gasteiger charge is 2.25. The molecule has 1 heterocycles.